The highest BCUT2D eigenvalue weighted by Crippen LogP contribution is 2.34. The number of benzene rings is 2. The van der Waals surface area contributed by atoms with Crippen LogP contribution in [0.1, 0.15) is 26.7 Å². The van der Waals surface area contributed by atoms with Gasteiger partial charge >= 0.3 is 9.28 Å². The molecular formula is C20H29O2PSi. The fourth-order valence-corrected chi connectivity index (χ4v) is 7.00. The summed E-state index contributed by atoms with van der Waals surface area (Å²) in [6.07, 6.45) is 3.68. The fourth-order valence-electron chi connectivity index (χ4n) is 2.79. The SMILES string of the molecule is CCO[SiH](CCCCP(c1ccccc1)c1ccccc1)OCC. The fraction of sp³-hybridized carbons (Fsp3) is 0.400. The van der Waals surface area contributed by atoms with Crippen LogP contribution in [0.5, 0.6) is 0 Å². The maximum atomic E-state index is 5.78. The predicted molar refractivity (Wildman–Crippen MR) is 108 cm³/mol. The highest BCUT2D eigenvalue weighted by Gasteiger charge is 2.15. The lowest BCUT2D eigenvalue weighted by Crippen LogP contribution is -2.22. The molecule has 2 nitrogen and oxygen atoms in total. The summed E-state index contributed by atoms with van der Waals surface area (Å²) in [6, 6.07) is 23.0. The molecule has 0 aromatic heterocycles. The van der Waals surface area contributed by atoms with Gasteiger partial charge in [-0.05, 0) is 51.0 Å². The summed E-state index contributed by atoms with van der Waals surface area (Å²) in [5.74, 6) is 0. The van der Waals surface area contributed by atoms with E-state index < -0.39 is 9.28 Å². The molecule has 0 radical (unpaired) electrons. The summed E-state index contributed by atoms with van der Waals surface area (Å²) in [7, 11) is -1.70. The summed E-state index contributed by atoms with van der Waals surface area (Å²) >= 11 is 0. The molecule has 0 aliphatic heterocycles. The third kappa shape index (κ3) is 6.49. The zero-order valence-corrected chi connectivity index (χ0v) is 16.9. The zero-order chi connectivity index (χ0) is 17.0. The second-order valence-corrected chi connectivity index (χ2v) is 10.1. The summed E-state index contributed by atoms with van der Waals surface area (Å²) in [4.78, 5) is 0. The Morgan fingerprint density at radius 3 is 1.71 bits per heavy atom. The zero-order valence-electron chi connectivity index (χ0n) is 14.9. The van der Waals surface area contributed by atoms with Crippen molar-refractivity contribution in [1.82, 2.24) is 0 Å². The van der Waals surface area contributed by atoms with Crippen molar-refractivity contribution in [2.24, 2.45) is 0 Å². The molecule has 0 unspecified atom stereocenters. The van der Waals surface area contributed by atoms with Crippen LogP contribution in [0.3, 0.4) is 0 Å². The summed E-state index contributed by atoms with van der Waals surface area (Å²) < 4.78 is 11.6. The van der Waals surface area contributed by atoms with Gasteiger partial charge in [-0.25, -0.2) is 0 Å². The molecule has 0 amide bonds. The molecule has 2 aromatic carbocycles. The predicted octanol–water partition coefficient (Wildman–Crippen LogP) is 4.19. The Balaban J connectivity index is 1.92. The van der Waals surface area contributed by atoms with Gasteiger partial charge in [0.05, 0.1) is 0 Å². The van der Waals surface area contributed by atoms with E-state index in [1.807, 2.05) is 0 Å². The van der Waals surface area contributed by atoms with Gasteiger partial charge in [0.25, 0.3) is 0 Å². The normalized spacial score (nSPS) is 11.3. The van der Waals surface area contributed by atoms with Gasteiger partial charge in [0.1, 0.15) is 0 Å². The van der Waals surface area contributed by atoms with E-state index in [1.165, 1.54) is 29.6 Å². The van der Waals surface area contributed by atoms with Gasteiger partial charge in [-0.2, -0.15) is 0 Å². The van der Waals surface area contributed by atoms with Crippen molar-refractivity contribution in [3.05, 3.63) is 60.7 Å². The maximum Gasteiger partial charge on any atom is 0.321 e. The van der Waals surface area contributed by atoms with E-state index >= 15 is 0 Å². The molecule has 0 N–H and O–H groups in total. The highest BCUT2D eigenvalue weighted by atomic mass is 31.1. The second-order valence-electron chi connectivity index (χ2n) is 5.66. The minimum absolute atomic E-state index is 0.264. The van der Waals surface area contributed by atoms with Crippen LogP contribution in [0.4, 0.5) is 0 Å². The van der Waals surface area contributed by atoms with Gasteiger partial charge in [0, 0.05) is 13.2 Å². The molecule has 0 saturated carbocycles. The van der Waals surface area contributed by atoms with Gasteiger partial charge in [-0.15, -0.1) is 0 Å². The first-order valence-electron chi connectivity index (χ1n) is 8.96. The first-order chi connectivity index (χ1) is 11.8. The molecule has 0 atom stereocenters. The molecule has 0 bridgehead atoms. The first-order valence-corrected chi connectivity index (χ1v) is 12.2. The Morgan fingerprint density at radius 2 is 1.25 bits per heavy atom. The molecule has 0 aliphatic carbocycles. The smallest absolute Gasteiger partial charge is 0.321 e. The maximum absolute atomic E-state index is 5.78. The van der Waals surface area contributed by atoms with E-state index in [-0.39, 0.29) is 7.92 Å². The van der Waals surface area contributed by atoms with Crippen LogP contribution in [0.15, 0.2) is 60.7 Å². The van der Waals surface area contributed by atoms with Crippen molar-refractivity contribution < 1.29 is 8.85 Å². The van der Waals surface area contributed by atoms with E-state index in [0.29, 0.717) is 0 Å². The standard InChI is InChI=1S/C20H29O2PSi/c1-3-21-24(22-4-2)18-12-11-17-23(19-13-7-5-8-14-19)20-15-9-6-10-16-20/h5-10,13-16,24H,3-4,11-12,17-18H2,1-2H3. The molecular weight excluding hydrogens is 331 g/mol. The topological polar surface area (TPSA) is 18.5 Å². The Morgan fingerprint density at radius 1 is 0.750 bits per heavy atom. The molecule has 4 heteroatoms. The third-order valence-electron chi connectivity index (χ3n) is 3.91. The van der Waals surface area contributed by atoms with E-state index in [1.54, 1.807) is 0 Å². The van der Waals surface area contributed by atoms with Crippen LogP contribution in [0, 0.1) is 0 Å². The van der Waals surface area contributed by atoms with E-state index in [2.05, 4.69) is 74.5 Å². The molecule has 2 rings (SSSR count). The Labute approximate surface area is 149 Å². The molecule has 130 valence electrons. The molecule has 0 saturated heterocycles. The third-order valence-corrected chi connectivity index (χ3v) is 8.81. The van der Waals surface area contributed by atoms with Gasteiger partial charge in [0.2, 0.25) is 0 Å². The van der Waals surface area contributed by atoms with Crippen LogP contribution in [-0.4, -0.2) is 28.7 Å². The molecule has 0 spiro atoms. The molecule has 0 fully saturated rings. The van der Waals surface area contributed by atoms with Crippen LogP contribution < -0.4 is 10.6 Å². The Kier molecular flexibility index (Phi) is 9.30. The average Bonchev–Trinajstić information content (AvgIpc) is 2.63. The monoisotopic (exact) mass is 360 g/mol. The van der Waals surface area contributed by atoms with Crippen LogP contribution in [0.25, 0.3) is 0 Å². The Hall–Kier alpha value is -0.993. The lowest BCUT2D eigenvalue weighted by atomic mass is 10.4. The minimum atomic E-state index is -1.44. The summed E-state index contributed by atoms with van der Waals surface area (Å²) in [5, 5.41) is 2.95. The van der Waals surface area contributed by atoms with Crippen LogP contribution in [-0.2, 0) is 8.85 Å². The van der Waals surface area contributed by atoms with Crippen molar-refractivity contribution in [2.75, 3.05) is 19.4 Å². The quantitative estimate of drug-likeness (QED) is 0.340. The minimum Gasteiger partial charge on any atom is -0.397 e. The number of hydrogen-bond acceptors (Lipinski definition) is 2. The van der Waals surface area contributed by atoms with Crippen molar-refractivity contribution in [3.8, 4) is 0 Å². The number of rotatable bonds is 11. The molecule has 0 aliphatic rings. The van der Waals surface area contributed by atoms with Crippen molar-refractivity contribution in [1.29, 1.82) is 0 Å². The van der Waals surface area contributed by atoms with Gasteiger partial charge in [-0.3, -0.25) is 0 Å². The average molecular weight is 361 g/mol. The van der Waals surface area contributed by atoms with E-state index in [9.17, 15) is 0 Å². The van der Waals surface area contributed by atoms with Gasteiger partial charge in [-0.1, -0.05) is 67.1 Å². The first kappa shape index (κ1) is 19.3. The van der Waals surface area contributed by atoms with E-state index in [0.717, 1.165) is 19.3 Å². The van der Waals surface area contributed by atoms with Gasteiger partial charge < -0.3 is 8.85 Å². The van der Waals surface area contributed by atoms with Crippen molar-refractivity contribution in [2.45, 2.75) is 32.7 Å². The molecule has 0 heterocycles. The highest BCUT2D eigenvalue weighted by molar-refractivity contribution is 7.73. The van der Waals surface area contributed by atoms with Crippen molar-refractivity contribution in [3.63, 3.8) is 0 Å². The number of hydrogen-bond donors (Lipinski definition) is 0. The summed E-state index contributed by atoms with van der Waals surface area (Å²) in [6.45, 7) is 5.67. The van der Waals surface area contributed by atoms with Crippen LogP contribution in [0.2, 0.25) is 6.04 Å². The summed E-state index contributed by atoms with van der Waals surface area (Å²) in [5.41, 5.74) is 0. The number of unbranched alkanes of at least 4 members (excludes halogenated alkanes) is 1. The largest absolute Gasteiger partial charge is 0.397 e. The van der Waals surface area contributed by atoms with Crippen LogP contribution >= 0.6 is 7.92 Å². The van der Waals surface area contributed by atoms with Crippen molar-refractivity contribution >= 4 is 27.8 Å². The lowest BCUT2D eigenvalue weighted by Gasteiger charge is -2.19. The van der Waals surface area contributed by atoms with Gasteiger partial charge in [0.15, 0.2) is 0 Å². The Bertz CT molecular complexity index is 505. The molecule has 24 heavy (non-hydrogen) atoms. The second kappa shape index (κ2) is 11.5. The van der Waals surface area contributed by atoms with E-state index in [4.69, 9.17) is 8.85 Å². The molecule has 2 aromatic rings. The lowest BCUT2D eigenvalue weighted by molar-refractivity contribution is 0.213.